The van der Waals surface area contributed by atoms with Gasteiger partial charge in [0.15, 0.2) is 0 Å². The first kappa shape index (κ1) is 15.7. The molecule has 0 aliphatic heterocycles. The summed E-state index contributed by atoms with van der Waals surface area (Å²) in [7, 11) is 0. The van der Waals surface area contributed by atoms with Gasteiger partial charge in [-0.2, -0.15) is 5.26 Å². The van der Waals surface area contributed by atoms with Crippen molar-refractivity contribution >= 4 is 5.69 Å². The quantitative estimate of drug-likeness (QED) is 0.745. The lowest BCUT2D eigenvalue weighted by molar-refractivity contribution is 0.293. The molecule has 3 heteroatoms. The summed E-state index contributed by atoms with van der Waals surface area (Å²) >= 11 is 0. The zero-order valence-corrected chi connectivity index (χ0v) is 13.0. The highest BCUT2D eigenvalue weighted by molar-refractivity contribution is 5.48. The van der Waals surface area contributed by atoms with E-state index in [1.54, 1.807) is 0 Å². The van der Waals surface area contributed by atoms with E-state index in [0.717, 1.165) is 36.2 Å². The number of nitrogens with one attached hydrogen (secondary N) is 1. The minimum Gasteiger partial charge on any atom is -0.493 e. The van der Waals surface area contributed by atoms with E-state index in [0.29, 0.717) is 13.0 Å². The first-order valence-electron chi connectivity index (χ1n) is 8.11. The van der Waals surface area contributed by atoms with Gasteiger partial charge in [0.05, 0.1) is 12.7 Å². The van der Waals surface area contributed by atoms with Crippen LogP contribution in [0.2, 0.25) is 0 Å². The van der Waals surface area contributed by atoms with E-state index in [4.69, 9.17) is 10.00 Å². The maximum absolute atomic E-state index is 8.50. The molecule has 1 N–H and O–H groups in total. The summed E-state index contributed by atoms with van der Waals surface area (Å²) in [6.07, 6.45) is 6.79. The number of nitriles is 1. The van der Waals surface area contributed by atoms with Crippen molar-refractivity contribution < 1.29 is 4.74 Å². The zero-order valence-electron chi connectivity index (χ0n) is 13.0. The van der Waals surface area contributed by atoms with Crippen LogP contribution in [0.3, 0.4) is 0 Å². The fourth-order valence-corrected chi connectivity index (χ4v) is 3.04. The van der Waals surface area contributed by atoms with Crippen molar-refractivity contribution in [2.24, 2.45) is 11.8 Å². The molecule has 1 fully saturated rings. The van der Waals surface area contributed by atoms with E-state index >= 15 is 0 Å². The summed E-state index contributed by atoms with van der Waals surface area (Å²) in [5.74, 6) is 2.56. The lowest BCUT2D eigenvalue weighted by Gasteiger charge is -2.27. The number of hydrogen-bond acceptors (Lipinski definition) is 3. The Hall–Kier alpha value is -1.69. The molecule has 1 aliphatic carbocycles. The molecule has 0 radical (unpaired) electrons. The fraction of sp³-hybridized carbons (Fsp3) is 0.611. The zero-order chi connectivity index (χ0) is 14.9. The molecule has 114 valence electrons. The van der Waals surface area contributed by atoms with Crippen molar-refractivity contribution in [2.45, 2.75) is 45.4 Å². The standard InChI is InChI=1S/C18H26N2O/c1-15-6-4-7-16(12-15)14-20-17-8-5-9-18(13-17)21-11-3-2-10-19/h5,8-9,13,15-16,20H,2-4,6-7,11-12,14H2,1H3. The molecule has 0 aromatic heterocycles. The molecule has 1 aliphatic rings. The largest absolute Gasteiger partial charge is 0.493 e. The SMILES string of the molecule is CC1CCCC(CNc2cccc(OCCCC#N)c2)C1. The Labute approximate surface area is 128 Å². The molecule has 0 spiro atoms. The normalized spacial score (nSPS) is 21.5. The van der Waals surface area contributed by atoms with E-state index < -0.39 is 0 Å². The van der Waals surface area contributed by atoms with Gasteiger partial charge in [0.1, 0.15) is 5.75 Å². The highest BCUT2D eigenvalue weighted by Crippen LogP contribution is 2.29. The molecular formula is C18H26N2O. The topological polar surface area (TPSA) is 45.0 Å². The molecule has 3 nitrogen and oxygen atoms in total. The van der Waals surface area contributed by atoms with E-state index in [1.807, 2.05) is 12.1 Å². The second-order valence-corrected chi connectivity index (χ2v) is 6.16. The molecule has 0 amide bonds. The Kier molecular flexibility index (Phi) is 6.40. The molecule has 0 heterocycles. The Bertz CT molecular complexity index is 467. The molecule has 2 atom stereocenters. The van der Waals surface area contributed by atoms with E-state index in [-0.39, 0.29) is 0 Å². The van der Waals surface area contributed by atoms with Gasteiger partial charge in [-0.1, -0.05) is 25.8 Å². The van der Waals surface area contributed by atoms with Gasteiger partial charge in [-0.15, -0.1) is 0 Å². The van der Waals surface area contributed by atoms with Crippen LogP contribution < -0.4 is 10.1 Å². The Morgan fingerprint density at radius 2 is 2.29 bits per heavy atom. The summed E-state index contributed by atoms with van der Waals surface area (Å²) < 4.78 is 5.67. The highest BCUT2D eigenvalue weighted by atomic mass is 16.5. The van der Waals surface area contributed by atoms with Crippen LogP contribution in [0.25, 0.3) is 0 Å². The maximum atomic E-state index is 8.50. The summed E-state index contributed by atoms with van der Waals surface area (Å²) in [4.78, 5) is 0. The number of anilines is 1. The molecule has 1 aromatic carbocycles. The summed E-state index contributed by atoms with van der Waals surface area (Å²) in [5.41, 5.74) is 1.13. The number of unbranched alkanes of at least 4 members (excludes halogenated alkanes) is 1. The second kappa shape index (κ2) is 8.56. The Morgan fingerprint density at radius 1 is 1.38 bits per heavy atom. The lowest BCUT2D eigenvalue weighted by atomic mass is 9.82. The third-order valence-electron chi connectivity index (χ3n) is 4.18. The lowest BCUT2D eigenvalue weighted by Crippen LogP contribution is -2.20. The van der Waals surface area contributed by atoms with Crippen LogP contribution >= 0.6 is 0 Å². The van der Waals surface area contributed by atoms with Gasteiger partial charge in [-0.05, 0) is 43.2 Å². The second-order valence-electron chi connectivity index (χ2n) is 6.16. The Morgan fingerprint density at radius 3 is 3.10 bits per heavy atom. The molecule has 1 saturated carbocycles. The number of rotatable bonds is 7. The van der Waals surface area contributed by atoms with Crippen molar-refractivity contribution in [3.8, 4) is 11.8 Å². The van der Waals surface area contributed by atoms with E-state index in [2.05, 4.69) is 30.4 Å². The average Bonchev–Trinajstić information content (AvgIpc) is 2.50. The molecule has 21 heavy (non-hydrogen) atoms. The van der Waals surface area contributed by atoms with Crippen LogP contribution in [0.15, 0.2) is 24.3 Å². The fourth-order valence-electron chi connectivity index (χ4n) is 3.04. The third-order valence-corrected chi connectivity index (χ3v) is 4.18. The first-order valence-corrected chi connectivity index (χ1v) is 8.11. The van der Waals surface area contributed by atoms with Gasteiger partial charge >= 0.3 is 0 Å². The number of ether oxygens (including phenoxy) is 1. The summed E-state index contributed by atoms with van der Waals surface area (Å²) in [5, 5.41) is 12.0. The van der Waals surface area contributed by atoms with Crippen molar-refractivity contribution in [2.75, 3.05) is 18.5 Å². The van der Waals surface area contributed by atoms with Crippen LogP contribution in [0, 0.1) is 23.2 Å². The molecule has 2 rings (SSSR count). The molecule has 0 saturated heterocycles. The minimum atomic E-state index is 0.553. The van der Waals surface area contributed by atoms with Crippen molar-refractivity contribution in [3.63, 3.8) is 0 Å². The van der Waals surface area contributed by atoms with Gasteiger partial charge in [-0.3, -0.25) is 0 Å². The van der Waals surface area contributed by atoms with Crippen LogP contribution in [0.4, 0.5) is 5.69 Å². The van der Waals surface area contributed by atoms with Crippen LogP contribution in [-0.2, 0) is 0 Å². The van der Waals surface area contributed by atoms with Crippen molar-refractivity contribution in [1.82, 2.24) is 0 Å². The van der Waals surface area contributed by atoms with Gasteiger partial charge in [0.2, 0.25) is 0 Å². The Balaban J connectivity index is 1.76. The van der Waals surface area contributed by atoms with Crippen LogP contribution in [-0.4, -0.2) is 13.2 Å². The molecular weight excluding hydrogens is 260 g/mol. The van der Waals surface area contributed by atoms with Gasteiger partial charge in [0.25, 0.3) is 0 Å². The predicted molar refractivity (Wildman–Crippen MR) is 86.4 cm³/mol. The monoisotopic (exact) mass is 286 g/mol. The third kappa shape index (κ3) is 5.67. The van der Waals surface area contributed by atoms with E-state index in [9.17, 15) is 0 Å². The van der Waals surface area contributed by atoms with E-state index in [1.165, 1.54) is 25.7 Å². The molecule has 1 aromatic rings. The first-order chi connectivity index (χ1) is 10.3. The smallest absolute Gasteiger partial charge is 0.121 e. The van der Waals surface area contributed by atoms with Crippen LogP contribution in [0.1, 0.15) is 45.4 Å². The molecule has 0 bridgehead atoms. The number of benzene rings is 1. The average molecular weight is 286 g/mol. The van der Waals surface area contributed by atoms with Crippen molar-refractivity contribution in [3.05, 3.63) is 24.3 Å². The van der Waals surface area contributed by atoms with Crippen molar-refractivity contribution in [1.29, 1.82) is 5.26 Å². The summed E-state index contributed by atoms with van der Waals surface area (Å²) in [6.45, 7) is 4.03. The molecule has 2 unspecified atom stereocenters. The maximum Gasteiger partial charge on any atom is 0.121 e. The van der Waals surface area contributed by atoms with Gasteiger partial charge in [-0.25, -0.2) is 0 Å². The minimum absolute atomic E-state index is 0.553. The van der Waals surface area contributed by atoms with Gasteiger partial charge in [0, 0.05) is 24.7 Å². The predicted octanol–water partition coefficient (Wildman–Crippen LogP) is 4.61. The van der Waals surface area contributed by atoms with Gasteiger partial charge < -0.3 is 10.1 Å². The number of hydrogen-bond donors (Lipinski definition) is 1. The highest BCUT2D eigenvalue weighted by Gasteiger charge is 2.18. The van der Waals surface area contributed by atoms with Crippen LogP contribution in [0.5, 0.6) is 5.75 Å². The number of nitrogens with zero attached hydrogens (tertiary/aromatic N) is 1. The summed E-state index contributed by atoms with van der Waals surface area (Å²) in [6, 6.07) is 10.3.